The summed E-state index contributed by atoms with van der Waals surface area (Å²) >= 11 is 0. The third-order valence-electron chi connectivity index (χ3n) is 2.29. The molecule has 0 unspecified atom stereocenters. The van der Waals surface area contributed by atoms with E-state index in [4.69, 9.17) is 10.00 Å². The van der Waals surface area contributed by atoms with Gasteiger partial charge < -0.3 is 4.74 Å². The molecule has 0 aromatic heterocycles. The summed E-state index contributed by atoms with van der Waals surface area (Å²) in [6.45, 7) is 7.88. The summed E-state index contributed by atoms with van der Waals surface area (Å²) in [7, 11) is 0. The number of rotatable bonds is 8. The van der Waals surface area contributed by atoms with Gasteiger partial charge in [-0.3, -0.25) is 0 Å². The Bertz CT molecular complexity index is 170. The maximum atomic E-state index is 8.79. The average Bonchev–Trinajstić information content (AvgIpc) is 2.16. The van der Waals surface area contributed by atoms with Crippen molar-refractivity contribution in [2.24, 2.45) is 5.41 Å². The predicted molar refractivity (Wildman–Crippen MR) is 59.0 cm³/mol. The maximum Gasteiger partial charge on any atom is 0.0683 e. The van der Waals surface area contributed by atoms with Crippen LogP contribution in [-0.2, 0) is 4.74 Å². The van der Waals surface area contributed by atoms with Crippen molar-refractivity contribution in [3.63, 3.8) is 0 Å². The Hall–Kier alpha value is -0.550. The van der Waals surface area contributed by atoms with Crippen LogP contribution in [0.3, 0.4) is 0 Å². The standard InChI is InChI=1S/C12H23NO/c1-4-5-9-14-10-7-6-8-12(2,3)11-13/h4-10H2,1-3H3. The number of nitriles is 1. The molecule has 0 aliphatic heterocycles. The first-order valence-electron chi connectivity index (χ1n) is 5.61. The first kappa shape index (κ1) is 13.4. The molecule has 14 heavy (non-hydrogen) atoms. The van der Waals surface area contributed by atoms with Gasteiger partial charge in [0.15, 0.2) is 0 Å². The molecule has 0 aromatic rings. The fourth-order valence-electron chi connectivity index (χ4n) is 1.18. The number of nitrogens with zero attached hydrogens (tertiary/aromatic N) is 1. The summed E-state index contributed by atoms with van der Waals surface area (Å²) in [5.74, 6) is 0. The van der Waals surface area contributed by atoms with Gasteiger partial charge >= 0.3 is 0 Å². The maximum absolute atomic E-state index is 8.79. The monoisotopic (exact) mass is 197 g/mol. The molecule has 0 spiro atoms. The summed E-state index contributed by atoms with van der Waals surface area (Å²) in [6, 6.07) is 2.31. The summed E-state index contributed by atoms with van der Waals surface area (Å²) < 4.78 is 5.44. The van der Waals surface area contributed by atoms with E-state index in [2.05, 4.69) is 13.0 Å². The second-order valence-electron chi connectivity index (χ2n) is 4.42. The highest BCUT2D eigenvalue weighted by Crippen LogP contribution is 2.21. The molecule has 0 rings (SSSR count). The molecule has 0 N–H and O–H groups in total. The highest BCUT2D eigenvalue weighted by Gasteiger charge is 2.15. The lowest BCUT2D eigenvalue weighted by atomic mass is 9.89. The third-order valence-corrected chi connectivity index (χ3v) is 2.29. The van der Waals surface area contributed by atoms with Gasteiger partial charge in [-0.25, -0.2) is 0 Å². The van der Waals surface area contributed by atoms with E-state index in [1.165, 1.54) is 6.42 Å². The van der Waals surface area contributed by atoms with Gasteiger partial charge in [0.25, 0.3) is 0 Å². The molecule has 0 heterocycles. The largest absolute Gasteiger partial charge is 0.381 e. The van der Waals surface area contributed by atoms with Crippen LogP contribution in [0.25, 0.3) is 0 Å². The van der Waals surface area contributed by atoms with Crippen LogP contribution in [0.5, 0.6) is 0 Å². The molecular weight excluding hydrogens is 174 g/mol. The fraction of sp³-hybridized carbons (Fsp3) is 0.917. The molecule has 2 heteroatoms. The van der Waals surface area contributed by atoms with E-state index in [0.717, 1.165) is 38.9 Å². The quantitative estimate of drug-likeness (QED) is 0.558. The molecule has 0 amide bonds. The van der Waals surface area contributed by atoms with E-state index >= 15 is 0 Å². The van der Waals surface area contributed by atoms with Gasteiger partial charge in [-0.15, -0.1) is 0 Å². The zero-order chi connectivity index (χ0) is 10.9. The molecule has 82 valence electrons. The van der Waals surface area contributed by atoms with Gasteiger partial charge in [-0.2, -0.15) is 5.26 Å². The second-order valence-corrected chi connectivity index (χ2v) is 4.42. The topological polar surface area (TPSA) is 33.0 Å². The van der Waals surface area contributed by atoms with E-state index in [9.17, 15) is 0 Å². The Morgan fingerprint density at radius 1 is 1.14 bits per heavy atom. The van der Waals surface area contributed by atoms with Crippen LogP contribution in [0.1, 0.15) is 52.9 Å². The Balaban J connectivity index is 3.18. The number of hydrogen-bond donors (Lipinski definition) is 0. The molecule has 0 atom stereocenters. The lowest BCUT2D eigenvalue weighted by molar-refractivity contribution is 0.125. The van der Waals surface area contributed by atoms with Crippen LogP contribution in [0, 0.1) is 16.7 Å². The van der Waals surface area contributed by atoms with Crippen molar-refractivity contribution in [3.05, 3.63) is 0 Å². The van der Waals surface area contributed by atoms with E-state index in [1.54, 1.807) is 0 Å². The predicted octanol–water partition coefficient (Wildman–Crippen LogP) is 3.52. The van der Waals surface area contributed by atoms with E-state index < -0.39 is 0 Å². The molecule has 0 aromatic carbocycles. The number of ether oxygens (including phenoxy) is 1. The molecule has 0 bridgehead atoms. The lowest BCUT2D eigenvalue weighted by Crippen LogP contribution is -2.08. The molecule has 0 saturated heterocycles. The van der Waals surface area contributed by atoms with Crippen molar-refractivity contribution < 1.29 is 4.74 Å². The van der Waals surface area contributed by atoms with E-state index in [1.807, 2.05) is 13.8 Å². The van der Waals surface area contributed by atoms with Gasteiger partial charge in [0.1, 0.15) is 0 Å². The molecule has 0 saturated carbocycles. The Morgan fingerprint density at radius 3 is 2.36 bits per heavy atom. The first-order valence-corrected chi connectivity index (χ1v) is 5.61. The Labute approximate surface area is 88.3 Å². The number of hydrogen-bond acceptors (Lipinski definition) is 2. The van der Waals surface area contributed by atoms with Gasteiger partial charge in [0.2, 0.25) is 0 Å². The SMILES string of the molecule is CCCCOCCCCC(C)(C)C#N. The Kier molecular flexibility index (Phi) is 7.51. The van der Waals surface area contributed by atoms with Crippen molar-refractivity contribution >= 4 is 0 Å². The van der Waals surface area contributed by atoms with Crippen molar-refractivity contribution in [2.45, 2.75) is 52.9 Å². The van der Waals surface area contributed by atoms with Gasteiger partial charge in [0, 0.05) is 13.2 Å². The summed E-state index contributed by atoms with van der Waals surface area (Å²) in [5.41, 5.74) is -0.163. The van der Waals surface area contributed by atoms with Gasteiger partial charge in [0.05, 0.1) is 11.5 Å². The highest BCUT2D eigenvalue weighted by atomic mass is 16.5. The van der Waals surface area contributed by atoms with Gasteiger partial charge in [-0.1, -0.05) is 13.3 Å². The zero-order valence-electron chi connectivity index (χ0n) is 9.81. The molecule has 0 radical (unpaired) electrons. The minimum Gasteiger partial charge on any atom is -0.381 e. The number of unbranched alkanes of at least 4 members (excludes halogenated alkanes) is 2. The molecular formula is C12H23NO. The summed E-state index contributed by atoms with van der Waals surface area (Å²) in [5, 5.41) is 8.79. The van der Waals surface area contributed by atoms with E-state index in [-0.39, 0.29) is 5.41 Å². The minimum absolute atomic E-state index is 0.163. The van der Waals surface area contributed by atoms with E-state index in [0.29, 0.717) is 0 Å². The van der Waals surface area contributed by atoms with Crippen LogP contribution >= 0.6 is 0 Å². The minimum atomic E-state index is -0.163. The van der Waals surface area contributed by atoms with Crippen molar-refractivity contribution in [2.75, 3.05) is 13.2 Å². The summed E-state index contributed by atoms with van der Waals surface area (Å²) in [4.78, 5) is 0. The first-order chi connectivity index (χ1) is 6.62. The average molecular weight is 197 g/mol. The zero-order valence-corrected chi connectivity index (χ0v) is 9.81. The van der Waals surface area contributed by atoms with Crippen molar-refractivity contribution in [3.8, 4) is 6.07 Å². The highest BCUT2D eigenvalue weighted by molar-refractivity contribution is 4.91. The van der Waals surface area contributed by atoms with Gasteiger partial charge in [-0.05, 0) is 39.5 Å². The fourth-order valence-corrected chi connectivity index (χ4v) is 1.18. The van der Waals surface area contributed by atoms with Crippen LogP contribution in [0.4, 0.5) is 0 Å². The van der Waals surface area contributed by atoms with Crippen LogP contribution in [0.15, 0.2) is 0 Å². The van der Waals surface area contributed by atoms with Crippen molar-refractivity contribution in [1.29, 1.82) is 5.26 Å². The smallest absolute Gasteiger partial charge is 0.0683 e. The van der Waals surface area contributed by atoms with Crippen LogP contribution in [0.2, 0.25) is 0 Å². The van der Waals surface area contributed by atoms with Crippen LogP contribution < -0.4 is 0 Å². The Morgan fingerprint density at radius 2 is 1.79 bits per heavy atom. The molecule has 2 nitrogen and oxygen atoms in total. The molecule has 0 aliphatic carbocycles. The normalized spacial score (nSPS) is 11.3. The summed E-state index contributed by atoms with van der Waals surface area (Å²) in [6.07, 6.45) is 5.49. The van der Waals surface area contributed by atoms with Crippen LogP contribution in [-0.4, -0.2) is 13.2 Å². The third kappa shape index (κ3) is 8.07. The van der Waals surface area contributed by atoms with Crippen molar-refractivity contribution in [1.82, 2.24) is 0 Å². The molecule has 0 fully saturated rings. The second kappa shape index (κ2) is 7.82. The molecule has 0 aliphatic rings. The lowest BCUT2D eigenvalue weighted by Gasteiger charge is -2.14.